The van der Waals surface area contributed by atoms with Crippen LogP contribution in [0.5, 0.6) is 0 Å². The van der Waals surface area contributed by atoms with E-state index in [1.54, 1.807) is 13.0 Å². The molecule has 0 fully saturated rings. The normalized spacial score (nSPS) is 12.5. The largest absolute Gasteiger partial charge is 0.369 e. The third-order valence-electron chi connectivity index (χ3n) is 2.92. The first-order valence-corrected chi connectivity index (χ1v) is 7.18. The van der Waals surface area contributed by atoms with E-state index in [4.69, 9.17) is 17.3 Å². The molecule has 1 aromatic carbocycles. The second kappa shape index (κ2) is 5.90. The molecule has 0 aliphatic rings. The van der Waals surface area contributed by atoms with Gasteiger partial charge in [-0.05, 0) is 31.2 Å². The first-order valence-electron chi connectivity index (χ1n) is 5.98. The Hall–Kier alpha value is -1.10. The number of nitrogens with zero attached hydrogens (tertiary/aromatic N) is 1. The summed E-state index contributed by atoms with van der Waals surface area (Å²) in [6.07, 6.45) is 0. The number of thiophene rings is 1. The van der Waals surface area contributed by atoms with Gasteiger partial charge in [0, 0.05) is 29.2 Å². The number of nitrogens with two attached hydrogens (primary N) is 1. The summed E-state index contributed by atoms with van der Waals surface area (Å²) < 4.78 is 14.6. The summed E-state index contributed by atoms with van der Waals surface area (Å²) in [4.78, 5) is 3.12. The van der Waals surface area contributed by atoms with Crippen LogP contribution in [0.15, 0.2) is 30.3 Å². The van der Waals surface area contributed by atoms with Crippen LogP contribution >= 0.6 is 22.9 Å². The molecule has 1 aromatic heterocycles. The first kappa shape index (κ1) is 14.3. The van der Waals surface area contributed by atoms with Crippen molar-refractivity contribution in [1.82, 2.24) is 0 Å². The maximum atomic E-state index is 13.9. The molecule has 2 nitrogen and oxygen atoms in total. The van der Waals surface area contributed by atoms with E-state index in [0.29, 0.717) is 12.1 Å². The van der Waals surface area contributed by atoms with E-state index < -0.39 is 0 Å². The smallest absolute Gasteiger partial charge is 0.130 e. The van der Waals surface area contributed by atoms with Gasteiger partial charge in [-0.1, -0.05) is 17.7 Å². The molecule has 0 bridgehead atoms. The fourth-order valence-corrected chi connectivity index (χ4v) is 3.21. The van der Waals surface area contributed by atoms with Crippen LogP contribution in [-0.4, -0.2) is 7.05 Å². The van der Waals surface area contributed by atoms with Gasteiger partial charge in [-0.2, -0.15) is 0 Å². The van der Waals surface area contributed by atoms with Gasteiger partial charge < -0.3 is 10.6 Å². The van der Waals surface area contributed by atoms with E-state index in [-0.39, 0.29) is 11.9 Å². The Morgan fingerprint density at radius 2 is 2.11 bits per heavy atom. The number of benzene rings is 1. The highest BCUT2D eigenvalue weighted by Gasteiger charge is 2.15. The highest BCUT2D eigenvalue weighted by atomic mass is 35.5. The van der Waals surface area contributed by atoms with E-state index in [1.807, 2.05) is 30.1 Å². The molecule has 2 rings (SSSR count). The lowest BCUT2D eigenvalue weighted by molar-refractivity contribution is 0.592. The molecule has 5 heteroatoms. The molecule has 19 heavy (non-hydrogen) atoms. The minimum Gasteiger partial charge on any atom is -0.369 e. The van der Waals surface area contributed by atoms with Gasteiger partial charge in [-0.25, -0.2) is 4.39 Å². The van der Waals surface area contributed by atoms with Gasteiger partial charge in [0.1, 0.15) is 5.82 Å². The minimum absolute atomic E-state index is 0.261. The van der Waals surface area contributed by atoms with E-state index >= 15 is 0 Å². The number of anilines is 1. The van der Waals surface area contributed by atoms with Crippen molar-refractivity contribution >= 4 is 28.6 Å². The first-order chi connectivity index (χ1) is 8.99. The Labute approximate surface area is 121 Å². The van der Waals surface area contributed by atoms with Gasteiger partial charge >= 0.3 is 0 Å². The number of halogens is 2. The van der Waals surface area contributed by atoms with Crippen molar-refractivity contribution in [3.63, 3.8) is 0 Å². The lowest BCUT2D eigenvalue weighted by Crippen LogP contribution is -2.20. The second-order valence-corrected chi connectivity index (χ2v) is 6.32. The van der Waals surface area contributed by atoms with Crippen molar-refractivity contribution < 1.29 is 4.39 Å². The molecule has 0 unspecified atom stereocenters. The van der Waals surface area contributed by atoms with Crippen LogP contribution in [-0.2, 0) is 6.54 Å². The van der Waals surface area contributed by atoms with E-state index in [9.17, 15) is 4.39 Å². The average Bonchev–Trinajstić information content (AvgIpc) is 2.73. The average molecular weight is 299 g/mol. The quantitative estimate of drug-likeness (QED) is 0.917. The Bertz CT molecular complexity index is 568. The second-order valence-electron chi connectivity index (χ2n) is 4.52. The van der Waals surface area contributed by atoms with Crippen molar-refractivity contribution in [2.75, 3.05) is 11.9 Å². The predicted molar refractivity (Wildman–Crippen MR) is 80.4 cm³/mol. The van der Waals surface area contributed by atoms with Crippen molar-refractivity contribution in [3.8, 4) is 0 Å². The summed E-state index contributed by atoms with van der Waals surface area (Å²) >= 11 is 7.44. The van der Waals surface area contributed by atoms with Gasteiger partial charge in [0.15, 0.2) is 0 Å². The van der Waals surface area contributed by atoms with Gasteiger partial charge in [-0.15, -0.1) is 11.3 Å². The number of rotatable bonds is 4. The fourth-order valence-electron chi connectivity index (χ4n) is 2.06. The molecule has 0 aliphatic heterocycles. The minimum atomic E-state index is -0.342. The Morgan fingerprint density at radius 3 is 2.68 bits per heavy atom. The Kier molecular flexibility index (Phi) is 4.45. The Balaban J connectivity index is 2.28. The highest BCUT2D eigenvalue weighted by Crippen LogP contribution is 2.30. The van der Waals surface area contributed by atoms with Gasteiger partial charge in [0.25, 0.3) is 0 Å². The van der Waals surface area contributed by atoms with Crippen molar-refractivity contribution in [2.24, 2.45) is 5.73 Å². The zero-order valence-electron chi connectivity index (χ0n) is 10.9. The molecule has 2 aromatic rings. The fraction of sp³-hybridized carbons (Fsp3) is 0.286. The summed E-state index contributed by atoms with van der Waals surface area (Å²) in [7, 11) is 1.92. The maximum Gasteiger partial charge on any atom is 0.130 e. The van der Waals surface area contributed by atoms with Gasteiger partial charge in [0.2, 0.25) is 0 Å². The molecule has 0 aliphatic carbocycles. The predicted octanol–water partition coefficient (Wildman–Crippen LogP) is 4.20. The molecule has 0 spiro atoms. The molecular formula is C14H16ClFN2S. The van der Waals surface area contributed by atoms with Crippen LogP contribution in [0, 0.1) is 5.82 Å². The van der Waals surface area contributed by atoms with Crippen LogP contribution in [0.25, 0.3) is 0 Å². The van der Waals surface area contributed by atoms with Crippen LogP contribution in [0.1, 0.15) is 23.4 Å². The summed E-state index contributed by atoms with van der Waals surface area (Å²) in [5, 5.41) is 0. The van der Waals surface area contributed by atoms with Crippen molar-refractivity contribution in [1.29, 1.82) is 0 Å². The topological polar surface area (TPSA) is 29.3 Å². The van der Waals surface area contributed by atoms with Gasteiger partial charge in [0.05, 0.1) is 10.9 Å². The van der Waals surface area contributed by atoms with E-state index in [2.05, 4.69) is 0 Å². The van der Waals surface area contributed by atoms with E-state index in [1.165, 1.54) is 17.4 Å². The number of hydrogen-bond donors (Lipinski definition) is 1. The Morgan fingerprint density at radius 1 is 1.37 bits per heavy atom. The maximum absolute atomic E-state index is 13.9. The molecule has 0 saturated carbocycles. The molecule has 0 saturated heterocycles. The third kappa shape index (κ3) is 3.26. The summed E-state index contributed by atoms with van der Waals surface area (Å²) in [5.41, 5.74) is 7.23. The van der Waals surface area contributed by atoms with E-state index in [0.717, 1.165) is 14.9 Å². The molecule has 0 amide bonds. The molecule has 102 valence electrons. The van der Waals surface area contributed by atoms with Crippen molar-refractivity contribution in [3.05, 3.63) is 50.9 Å². The number of hydrogen-bond acceptors (Lipinski definition) is 3. The lowest BCUT2D eigenvalue weighted by Gasteiger charge is -2.23. The van der Waals surface area contributed by atoms with Crippen LogP contribution in [0.4, 0.5) is 10.1 Å². The molecule has 0 radical (unpaired) electrons. The van der Waals surface area contributed by atoms with Crippen LogP contribution < -0.4 is 10.6 Å². The summed E-state index contributed by atoms with van der Waals surface area (Å²) in [6, 6.07) is 8.54. The molecular weight excluding hydrogens is 283 g/mol. The van der Waals surface area contributed by atoms with Crippen molar-refractivity contribution in [2.45, 2.75) is 19.5 Å². The summed E-state index contributed by atoms with van der Waals surface area (Å²) in [5.74, 6) is -0.261. The highest BCUT2D eigenvalue weighted by molar-refractivity contribution is 7.16. The SMILES string of the molecule is C[C@H](N)c1c(F)cccc1N(C)Cc1ccc(Cl)s1. The van der Waals surface area contributed by atoms with Crippen LogP contribution in [0.2, 0.25) is 4.34 Å². The molecule has 1 heterocycles. The monoisotopic (exact) mass is 298 g/mol. The lowest BCUT2D eigenvalue weighted by atomic mass is 10.1. The third-order valence-corrected chi connectivity index (χ3v) is 4.13. The standard InChI is InChI=1S/C14H16ClFN2S/c1-9(17)14-11(16)4-3-5-12(14)18(2)8-10-6-7-13(15)19-10/h3-7,9H,8,17H2,1-2H3/t9-/m0/s1. The zero-order valence-corrected chi connectivity index (χ0v) is 12.4. The van der Waals surface area contributed by atoms with Gasteiger partial charge in [-0.3, -0.25) is 0 Å². The van der Waals surface area contributed by atoms with Crippen LogP contribution in [0.3, 0.4) is 0 Å². The molecule has 1 atom stereocenters. The molecule has 2 N–H and O–H groups in total. The zero-order chi connectivity index (χ0) is 14.0. The summed E-state index contributed by atoms with van der Waals surface area (Å²) in [6.45, 7) is 2.47.